The maximum atomic E-state index is 2.34. The van der Waals surface area contributed by atoms with Gasteiger partial charge in [0, 0.05) is 0 Å². The van der Waals surface area contributed by atoms with Gasteiger partial charge in [0.05, 0.1) is 0 Å². The van der Waals surface area contributed by atoms with Crippen molar-refractivity contribution in [3.8, 4) is 0 Å². The molecule has 0 saturated carbocycles. The fourth-order valence-corrected chi connectivity index (χ4v) is 1.73. The lowest BCUT2D eigenvalue weighted by Gasteiger charge is -2.02. The first-order valence-corrected chi connectivity index (χ1v) is 5.30. The average Bonchev–Trinajstić information content (AvgIpc) is 2.47. The summed E-state index contributed by atoms with van der Waals surface area (Å²) in [7, 11) is 0. The van der Waals surface area contributed by atoms with Crippen LogP contribution >= 0.6 is 0 Å². The van der Waals surface area contributed by atoms with Crippen molar-refractivity contribution in [1.29, 1.82) is 0 Å². The molecule has 0 unspecified atom stereocenters. The Balaban J connectivity index is 2.29. The van der Waals surface area contributed by atoms with E-state index in [-0.39, 0.29) is 0 Å². The highest BCUT2D eigenvalue weighted by atomic mass is 14.0. The number of allylic oxidation sites excluding steroid dienone is 4. The van der Waals surface area contributed by atoms with Crippen LogP contribution in [-0.4, -0.2) is 0 Å². The van der Waals surface area contributed by atoms with Gasteiger partial charge in [0.15, 0.2) is 0 Å². The third kappa shape index (κ3) is 2.14. The first-order valence-electron chi connectivity index (χ1n) is 5.30. The van der Waals surface area contributed by atoms with Gasteiger partial charge in [-0.3, -0.25) is 0 Å². The van der Waals surface area contributed by atoms with Crippen LogP contribution in [0.2, 0.25) is 0 Å². The van der Waals surface area contributed by atoms with E-state index < -0.39 is 0 Å². The van der Waals surface area contributed by atoms with Crippen LogP contribution in [0.4, 0.5) is 0 Å². The molecule has 2 rings (SSSR count). The lowest BCUT2D eigenvalue weighted by molar-refractivity contribution is 0.876. The number of hydrogen-bond donors (Lipinski definition) is 0. The predicted octanol–water partition coefficient (Wildman–Crippen LogP) is 4.12. The van der Waals surface area contributed by atoms with Crippen LogP contribution in [0.15, 0.2) is 42.5 Å². The Bertz CT molecular complexity index is 352. The normalized spacial score (nSPS) is 16.2. The quantitative estimate of drug-likeness (QED) is 0.616. The van der Waals surface area contributed by atoms with E-state index in [0.29, 0.717) is 0 Å². The van der Waals surface area contributed by atoms with Gasteiger partial charge in [-0.2, -0.15) is 0 Å². The molecular formula is C14H16. The van der Waals surface area contributed by atoms with Crippen molar-refractivity contribution < 1.29 is 0 Å². The highest BCUT2D eigenvalue weighted by Crippen LogP contribution is 2.20. The third-order valence-electron chi connectivity index (χ3n) is 2.62. The lowest BCUT2D eigenvalue weighted by atomic mass is 10.0. The summed E-state index contributed by atoms with van der Waals surface area (Å²) < 4.78 is 0. The van der Waals surface area contributed by atoms with E-state index in [2.05, 4.69) is 49.4 Å². The van der Waals surface area contributed by atoms with Gasteiger partial charge in [0.2, 0.25) is 0 Å². The topological polar surface area (TPSA) is 0 Å². The number of hydrogen-bond acceptors (Lipinski definition) is 0. The van der Waals surface area contributed by atoms with Gasteiger partial charge in [0.1, 0.15) is 0 Å². The summed E-state index contributed by atoms with van der Waals surface area (Å²) in [5.74, 6) is 0. The van der Waals surface area contributed by atoms with Crippen LogP contribution in [0.25, 0.3) is 5.57 Å². The van der Waals surface area contributed by atoms with E-state index in [4.69, 9.17) is 0 Å². The minimum atomic E-state index is 1.20. The first kappa shape index (κ1) is 9.26. The zero-order valence-electron chi connectivity index (χ0n) is 8.66. The minimum Gasteiger partial charge on any atom is -0.0839 e. The molecule has 0 heteroatoms. The van der Waals surface area contributed by atoms with Gasteiger partial charge in [-0.15, -0.1) is 0 Å². The molecule has 1 aromatic carbocycles. The zero-order valence-corrected chi connectivity index (χ0v) is 8.66. The SMILES string of the molecule is Cc1ccc(C2=CCCCC=C2)cc1. The van der Waals surface area contributed by atoms with Crippen LogP contribution < -0.4 is 0 Å². The Labute approximate surface area is 86.0 Å². The highest BCUT2D eigenvalue weighted by molar-refractivity contribution is 5.74. The Kier molecular flexibility index (Phi) is 2.83. The molecular weight excluding hydrogens is 168 g/mol. The smallest absolute Gasteiger partial charge is 0.0187 e. The standard InChI is InChI=1S/C14H16/c1-12-8-10-14(11-9-12)13-6-4-2-3-5-7-13/h4,6-11H,2-3,5H2,1H3. The Morgan fingerprint density at radius 2 is 1.79 bits per heavy atom. The number of rotatable bonds is 1. The summed E-state index contributed by atoms with van der Waals surface area (Å²) >= 11 is 0. The van der Waals surface area contributed by atoms with Crippen LogP contribution in [0.1, 0.15) is 30.4 Å². The van der Waals surface area contributed by atoms with Crippen molar-refractivity contribution >= 4 is 5.57 Å². The molecule has 0 bridgehead atoms. The maximum absolute atomic E-state index is 2.34. The van der Waals surface area contributed by atoms with Crippen molar-refractivity contribution in [2.75, 3.05) is 0 Å². The van der Waals surface area contributed by atoms with E-state index in [1.54, 1.807) is 0 Å². The molecule has 0 radical (unpaired) electrons. The molecule has 72 valence electrons. The summed E-state index contributed by atoms with van der Waals surface area (Å²) in [6.45, 7) is 2.13. The highest BCUT2D eigenvalue weighted by Gasteiger charge is 1.99. The van der Waals surface area contributed by atoms with Gasteiger partial charge in [0.25, 0.3) is 0 Å². The van der Waals surface area contributed by atoms with Crippen LogP contribution in [0.3, 0.4) is 0 Å². The Morgan fingerprint density at radius 3 is 2.57 bits per heavy atom. The van der Waals surface area contributed by atoms with Gasteiger partial charge in [-0.1, -0.05) is 48.1 Å². The predicted molar refractivity (Wildman–Crippen MR) is 62.1 cm³/mol. The Morgan fingerprint density at radius 1 is 1.00 bits per heavy atom. The molecule has 14 heavy (non-hydrogen) atoms. The van der Waals surface area contributed by atoms with Gasteiger partial charge in [-0.05, 0) is 37.3 Å². The van der Waals surface area contributed by atoms with E-state index in [1.807, 2.05) is 0 Å². The molecule has 0 aromatic heterocycles. The second-order valence-electron chi connectivity index (χ2n) is 3.86. The fraction of sp³-hybridized carbons (Fsp3) is 0.286. The summed E-state index contributed by atoms with van der Waals surface area (Å²) in [6, 6.07) is 8.76. The monoisotopic (exact) mass is 184 g/mol. The van der Waals surface area contributed by atoms with Crippen LogP contribution in [0, 0.1) is 6.92 Å². The largest absolute Gasteiger partial charge is 0.0839 e. The van der Waals surface area contributed by atoms with Gasteiger partial charge < -0.3 is 0 Å². The van der Waals surface area contributed by atoms with E-state index in [1.165, 1.54) is 36.0 Å². The van der Waals surface area contributed by atoms with Gasteiger partial charge in [-0.25, -0.2) is 0 Å². The molecule has 0 N–H and O–H groups in total. The Hall–Kier alpha value is -1.30. The van der Waals surface area contributed by atoms with Gasteiger partial charge >= 0.3 is 0 Å². The van der Waals surface area contributed by atoms with Crippen molar-refractivity contribution in [1.82, 2.24) is 0 Å². The minimum absolute atomic E-state index is 1.20. The molecule has 0 spiro atoms. The van der Waals surface area contributed by atoms with Crippen molar-refractivity contribution in [3.05, 3.63) is 53.6 Å². The number of aryl methyl sites for hydroxylation is 1. The van der Waals surface area contributed by atoms with Crippen molar-refractivity contribution in [2.24, 2.45) is 0 Å². The summed E-state index contributed by atoms with van der Waals surface area (Å²) in [6.07, 6.45) is 10.6. The van der Waals surface area contributed by atoms with E-state index in [0.717, 1.165) is 0 Å². The lowest BCUT2D eigenvalue weighted by Crippen LogP contribution is -1.80. The summed E-state index contributed by atoms with van der Waals surface area (Å²) in [4.78, 5) is 0. The zero-order chi connectivity index (χ0) is 9.80. The molecule has 1 aliphatic rings. The summed E-state index contributed by atoms with van der Waals surface area (Å²) in [5.41, 5.74) is 4.04. The average molecular weight is 184 g/mol. The molecule has 0 nitrogen and oxygen atoms in total. The second kappa shape index (κ2) is 4.28. The van der Waals surface area contributed by atoms with E-state index in [9.17, 15) is 0 Å². The molecule has 1 aliphatic carbocycles. The van der Waals surface area contributed by atoms with E-state index >= 15 is 0 Å². The molecule has 0 fully saturated rings. The second-order valence-corrected chi connectivity index (χ2v) is 3.86. The summed E-state index contributed by atoms with van der Waals surface area (Å²) in [5, 5.41) is 0. The maximum Gasteiger partial charge on any atom is -0.0187 e. The molecule has 0 saturated heterocycles. The van der Waals surface area contributed by atoms with Crippen LogP contribution in [0.5, 0.6) is 0 Å². The van der Waals surface area contributed by atoms with Crippen molar-refractivity contribution in [3.63, 3.8) is 0 Å². The third-order valence-corrected chi connectivity index (χ3v) is 2.62. The van der Waals surface area contributed by atoms with Crippen molar-refractivity contribution in [2.45, 2.75) is 26.2 Å². The first-order chi connectivity index (χ1) is 6.86. The molecule has 0 atom stereocenters. The molecule has 1 aromatic rings. The van der Waals surface area contributed by atoms with Crippen LogP contribution in [-0.2, 0) is 0 Å². The molecule has 0 amide bonds. The fourth-order valence-electron chi connectivity index (χ4n) is 1.73. The number of benzene rings is 1. The molecule has 0 aliphatic heterocycles. The molecule has 0 heterocycles.